The molecule has 1 aliphatic heterocycles. The highest BCUT2D eigenvalue weighted by atomic mass is 19.4. The Bertz CT molecular complexity index is 834. The number of carbonyl (C=O) groups excluding carboxylic acids is 1. The number of piperazine rings is 1. The highest BCUT2D eigenvalue weighted by Crippen LogP contribution is 2.29. The molecule has 1 fully saturated rings. The van der Waals surface area contributed by atoms with Crippen molar-refractivity contribution < 1.29 is 22.4 Å². The summed E-state index contributed by atoms with van der Waals surface area (Å²) in [4.78, 5) is 19.8. The number of amides is 1. The van der Waals surface area contributed by atoms with E-state index in [0.29, 0.717) is 31.0 Å². The maximum atomic E-state index is 12.9. The molecule has 0 spiro atoms. The molecule has 0 radical (unpaired) electrons. The zero-order valence-electron chi connectivity index (χ0n) is 16.5. The van der Waals surface area contributed by atoms with Crippen molar-refractivity contribution in [1.29, 1.82) is 0 Å². The van der Waals surface area contributed by atoms with Gasteiger partial charge in [-0.3, -0.25) is 9.69 Å². The number of nitrogens with one attached hydrogen (secondary N) is 1. The number of anilines is 1. The van der Waals surface area contributed by atoms with Crippen LogP contribution >= 0.6 is 0 Å². The maximum Gasteiger partial charge on any atom is 0.433 e. The number of halogens is 4. The van der Waals surface area contributed by atoms with Crippen LogP contribution in [0.25, 0.3) is 0 Å². The van der Waals surface area contributed by atoms with Crippen molar-refractivity contribution in [3.8, 4) is 0 Å². The molecule has 1 amide bonds. The minimum atomic E-state index is -4.44. The van der Waals surface area contributed by atoms with Crippen LogP contribution in [0.15, 0.2) is 42.5 Å². The molecule has 2 heterocycles. The first-order valence-corrected chi connectivity index (χ1v) is 9.88. The fourth-order valence-corrected chi connectivity index (χ4v) is 3.32. The molecule has 3 rings (SSSR count). The van der Waals surface area contributed by atoms with Gasteiger partial charge >= 0.3 is 6.18 Å². The van der Waals surface area contributed by atoms with Gasteiger partial charge in [0.2, 0.25) is 0 Å². The van der Waals surface area contributed by atoms with Crippen molar-refractivity contribution in [3.63, 3.8) is 0 Å². The molecule has 1 aromatic heterocycles. The summed E-state index contributed by atoms with van der Waals surface area (Å²) in [6, 6.07) is 9.38. The third kappa shape index (κ3) is 6.16. The Morgan fingerprint density at radius 3 is 2.37 bits per heavy atom. The van der Waals surface area contributed by atoms with Crippen molar-refractivity contribution in [1.82, 2.24) is 15.2 Å². The molecule has 0 atom stereocenters. The van der Waals surface area contributed by atoms with Crippen LogP contribution in [0, 0.1) is 5.82 Å². The molecule has 9 heteroatoms. The second-order valence-electron chi connectivity index (χ2n) is 7.18. The van der Waals surface area contributed by atoms with E-state index in [1.54, 1.807) is 6.07 Å². The lowest BCUT2D eigenvalue weighted by molar-refractivity contribution is -0.141. The van der Waals surface area contributed by atoms with E-state index in [4.69, 9.17) is 0 Å². The quantitative estimate of drug-likeness (QED) is 0.545. The normalized spacial score (nSPS) is 15.3. The van der Waals surface area contributed by atoms with E-state index in [-0.39, 0.29) is 11.7 Å². The van der Waals surface area contributed by atoms with Gasteiger partial charge < -0.3 is 10.2 Å². The van der Waals surface area contributed by atoms with E-state index in [1.165, 1.54) is 30.3 Å². The number of hydrogen-bond acceptors (Lipinski definition) is 4. The molecule has 0 aliphatic carbocycles. The number of carbonyl (C=O) groups is 1. The van der Waals surface area contributed by atoms with Gasteiger partial charge in [-0.25, -0.2) is 9.37 Å². The molecule has 0 saturated carbocycles. The largest absolute Gasteiger partial charge is 0.433 e. The SMILES string of the molecule is O=C(NCCCCN1CCN(c2cccc(C(F)(F)F)n2)CC1)c1ccc(F)cc1. The Labute approximate surface area is 172 Å². The van der Waals surface area contributed by atoms with Gasteiger partial charge in [0.05, 0.1) is 0 Å². The lowest BCUT2D eigenvalue weighted by Gasteiger charge is -2.35. The first-order chi connectivity index (χ1) is 14.3. The third-order valence-electron chi connectivity index (χ3n) is 5.01. The summed E-state index contributed by atoms with van der Waals surface area (Å²) in [6.07, 6.45) is -2.74. The molecule has 30 heavy (non-hydrogen) atoms. The highest BCUT2D eigenvalue weighted by Gasteiger charge is 2.33. The molecule has 162 valence electrons. The van der Waals surface area contributed by atoms with Crippen LogP contribution in [-0.4, -0.2) is 55.1 Å². The first-order valence-electron chi connectivity index (χ1n) is 9.88. The van der Waals surface area contributed by atoms with E-state index in [9.17, 15) is 22.4 Å². The van der Waals surface area contributed by atoms with Gasteiger partial charge in [-0.2, -0.15) is 13.2 Å². The average Bonchev–Trinajstić information content (AvgIpc) is 2.74. The van der Waals surface area contributed by atoms with E-state index in [2.05, 4.69) is 15.2 Å². The average molecular weight is 424 g/mol. The number of hydrogen-bond donors (Lipinski definition) is 1. The predicted octanol–water partition coefficient (Wildman–Crippen LogP) is 3.57. The fraction of sp³-hybridized carbons (Fsp3) is 0.429. The van der Waals surface area contributed by atoms with Crippen LogP contribution in [-0.2, 0) is 6.18 Å². The smallest absolute Gasteiger partial charge is 0.354 e. The number of aromatic nitrogens is 1. The molecule has 1 saturated heterocycles. The molecule has 0 unspecified atom stereocenters. The highest BCUT2D eigenvalue weighted by molar-refractivity contribution is 5.94. The number of nitrogens with zero attached hydrogens (tertiary/aromatic N) is 3. The van der Waals surface area contributed by atoms with E-state index >= 15 is 0 Å². The van der Waals surface area contributed by atoms with Crippen molar-refractivity contribution in [2.45, 2.75) is 19.0 Å². The first kappa shape index (κ1) is 22.0. The van der Waals surface area contributed by atoms with Crippen molar-refractivity contribution >= 4 is 11.7 Å². The fourth-order valence-electron chi connectivity index (χ4n) is 3.32. The Kier molecular flexibility index (Phi) is 7.25. The predicted molar refractivity (Wildman–Crippen MR) is 106 cm³/mol. The summed E-state index contributed by atoms with van der Waals surface area (Å²) in [6.45, 7) is 4.13. The van der Waals surface area contributed by atoms with E-state index in [1.807, 2.05) is 4.90 Å². The molecule has 0 bridgehead atoms. The van der Waals surface area contributed by atoms with Gasteiger partial charge in [-0.05, 0) is 55.8 Å². The lowest BCUT2D eigenvalue weighted by Crippen LogP contribution is -2.47. The van der Waals surface area contributed by atoms with Crippen molar-refractivity contribution in [2.75, 3.05) is 44.2 Å². The Morgan fingerprint density at radius 1 is 1.00 bits per heavy atom. The van der Waals surface area contributed by atoms with Crippen LogP contribution in [0.1, 0.15) is 28.9 Å². The number of pyridine rings is 1. The maximum absolute atomic E-state index is 12.9. The van der Waals surface area contributed by atoms with Gasteiger partial charge in [0.15, 0.2) is 0 Å². The molecule has 2 aromatic rings. The Hall–Kier alpha value is -2.68. The third-order valence-corrected chi connectivity index (χ3v) is 5.01. The summed E-state index contributed by atoms with van der Waals surface area (Å²) in [5.41, 5.74) is -0.444. The lowest BCUT2D eigenvalue weighted by atomic mass is 10.2. The van der Waals surface area contributed by atoms with Gasteiger partial charge in [0, 0.05) is 38.3 Å². The van der Waals surface area contributed by atoms with Gasteiger partial charge in [-0.15, -0.1) is 0 Å². The minimum absolute atomic E-state index is 0.225. The summed E-state index contributed by atoms with van der Waals surface area (Å²) in [7, 11) is 0. The second-order valence-corrected chi connectivity index (χ2v) is 7.18. The molecular weight excluding hydrogens is 400 g/mol. The standard InChI is InChI=1S/C21H24F4N4O/c22-17-8-6-16(7-9-17)20(30)26-10-1-2-11-28-12-14-29(15-13-28)19-5-3-4-18(27-19)21(23,24)25/h3-9H,1-2,10-15H2,(H,26,30). The number of unbranched alkanes of at least 4 members (excludes halogenated alkanes) is 1. The molecule has 1 aromatic carbocycles. The number of benzene rings is 1. The molecule has 5 nitrogen and oxygen atoms in total. The monoisotopic (exact) mass is 424 g/mol. The van der Waals surface area contributed by atoms with Gasteiger partial charge in [0.1, 0.15) is 17.3 Å². The Balaban J connectivity index is 1.34. The number of rotatable bonds is 7. The van der Waals surface area contributed by atoms with Crippen LogP contribution in [0.5, 0.6) is 0 Å². The summed E-state index contributed by atoms with van der Waals surface area (Å²) in [5, 5.41) is 2.81. The van der Waals surface area contributed by atoms with Gasteiger partial charge in [-0.1, -0.05) is 6.07 Å². The van der Waals surface area contributed by atoms with E-state index < -0.39 is 11.9 Å². The van der Waals surface area contributed by atoms with Crippen LogP contribution in [0.4, 0.5) is 23.4 Å². The second kappa shape index (κ2) is 9.88. The topological polar surface area (TPSA) is 48.5 Å². The van der Waals surface area contributed by atoms with Crippen molar-refractivity contribution in [3.05, 3.63) is 59.5 Å². The zero-order chi connectivity index (χ0) is 21.6. The van der Waals surface area contributed by atoms with E-state index in [0.717, 1.165) is 38.5 Å². The van der Waals surface area contributed by atoms with Crippen LogP contribution in [0.2, 0.25) is 0 Å². The molecule has 1 aliphatic rings. The summed E-state index contributed by atoms with van der Waals surface area (Å²) in [5.74, 6) is -0.249. The Morgan fingerprint density at radius 2 is 1.70 bits per heavy atom. The summed E-state index contributed by atoms with van der Waals surface area (Å²) >= 11 is 0. The van der Waals surface area contributed by atoms with Crippen LogP contribution in [0.3, 0.4) is 0 Å². The van der Waals surface area contributed by atoms with Crippen LogP contribution < -0.4 is 10.2 Å². The van der Waals surface area contributed by atoms with Gasteiger partial charge in [0.25, 0.3) is 5.91 Å². The van der Waals surface area contributed by atoms with Crippen molar-refractivity contribution in [2.24, 2.45) is 0 Å². The zero-order valence-corrected chi connectivity index (χ0v) is 16.5. The molecule has 1 N–H and O–H groups in total. The number of alkyl halides is 3. The summed E-state index contributed by atoms with van der Waals surface area (Å²) < 4.78 is 51.4. The molecular formula is C21H24F4N4O. The minimum Gasteiger partial charge on any atom is -0.354 e.